The number of hydrogen-bond acceptors (Lipinski definition) is 5. The van der Waals surface area contributed by atoms with Crippen LogP contribution in [0, 0.1) is 11.7 Å². The Kier molecular flexibility index (Phi) is 7.99. The summed E-state index contributed by atoms with van der Waals surface area (Å²) < 4.78 is 20.7. The first-order valence-corrected chi connectivity index (χ1v) is 15.6. The molecule has 43 heavy (non-hydrogen) atoms. The van der Waals surface area contributed by atoms with E-state index in [1.165, 1.54) is 11.6 Å². The number of allylic oxidation sites excluding steroid dienone is 1. The lowest BCUT2D eigenvalue weighted by atomic mass is 9.61. The Balaban J connectivity index is 1.22. The molecule has 0 amide bonds. The van der Waals surface area contributed by atoms with Gasteiger partial charge in [-0.05, 0) is 104 Å². The van der Waals surface area contributed by atoms with Crippen molar-refractivity contribution in [2.75, 3.05) is 11.9 Å². The van der Waals surface area contributed by atoms with E-state index in [1.807, 2.05) is 18.2 Å². The number of anilines is 1. The second-order valence-corrected chi connectivity index (χ2v) is 13.2. The number of aliphatic hydroxyl groups excluding tert-OH is 1. The van der Waals surface area contributed by atoms with E-state index in [0.29, 0.717) is 55.1 Å². The van der Waals surface area contributed by atoms with Crippen molar-refractivity contribution in [3.63, 3.8) is 0 Å². The fourth-order valence-electron chi connectivity index (χ4n) is 7.48. The number of aromatic nitrogens is 1. The smallest absolute Gasteiger partial charge is 0.329 e. The molecule has 3 aliphatic rings. The fraction of sp³-hybridized carbons (Fsp3) is 0.429. The van der Waals surface area contributed by atoms with Crippen molar-refractivity contribution >= 4 is 29.3 Å². The fourth-order valence-corrected chi connectivity index (χ4v) is 7.67. The minimum Gasteiger partial charge on any atom is -0.493 e. The number of nitrogens with zero attached hydrogens (tertiary/aromatic N) is 1. The molecule has 0 saturated heterocycles. The second kappa shape index (κ2) is 11.6. The van der Waals surface area contributed by atoms with E-state index in [1.54, 1.807) is 30.5 Å². The normalized spacial score (nSPS) is 26.8. The standard InChI is InChI=1S/C35H38ClFN2O4/c1-21(20-43-30-10-15-38-32-29(40)9-6-22(2)31(30)32)16-24-17-23-18-26(37)7-8-28(23)34(24)11-13-35(14-12-34,33(41)42)39-27-5-3-4-25(36)19-27/h3-5,7-8,10,15,17-19,21-22,29,39-40H,6,9,11-14,16,20H2,1-2H3,(H,41,42)/t21-,22-,29-,34?,35?/m1/s1. The van der Waals surface area contributed by atoms with Gasteiger partial charge in [0.25, 0.3) is 0 Å². The van der Waals surface area contributed by atoms with E-state index in [-0.39, 0.29) is 23.1 Å². The van der Waals surface area contributed by atoms with Crippen LogP contribution in [0.3, 0.4) is 0 Å². The highest BCUT2D eigenvalue weighted by molar-refractivity contribution is 6.30. The molecule has 8 heteroatoms. The van der Waals surface area contributed by atoms with E-state index in [9.17, 15) is 19.4 Å². The average Bonchev–Trinajstić information content (AvgIpc) is 3.26. The van der Waals surface area contributed by atoms with Crippen molar-refractivity contribution in [1.29, 1.82) is 0 Å². The van der Waals surface area contributed by atoms with Gasteiger partial charge >= 0.3 is 5.97 Å². The maximum Gasteiger partial charge on any atom is 0.329 e. The van der Waals surface area contributed by atoms with E-state index >= 15 is 0 Å². The highest BCUT2D eigenvalue weighted by atomic mass is 35.5. The molecule has 2 aromatic carbocycles. The summed E-state index contributed by atoms with van der Waals surface area (Å²) in [5.74, 6) is 0.0250. The number of benzene rings is 2. The largest absolute Gasteiger partial charge is 0.493 e. The summed E-state index contributed by atoms with van der Waals surface area (Å²) in [6, 6.07) is 14.0. The van der Waals surface area contributed by atoms with Gasteiger partial charge < -0.3 is 20.3 Å². The van der Waals surface area contributed by atoms with Crippen LogP contribution in [0.2, 0.25) is 5.02 Å². The molecule has 3 aromatic rings. The van der Waals surface area contributed by atoms with Gasteiger partial charge in [0.15, 0.2) is 0 Å². The van der Waals surface area contributed by atoms with Crippen molar-refractivity contribution in [3.8, 4) is 5.75 Å². The van der Waals surface area contributed by atoms with Crippen molar-refractivity contribution in [3.05, 3.63) is 93.5 Å². The number of carboxylic acid groups (broad SMARTS) is 1. The van der Waals surface area contributed by atoms with E-state index in [0.717, 1.165) is 35.3 Å². The highest BCUT2D eigenvalue weighted by Crippen LogP contribution is 2.55. The molecule has 3 N–H and O–H groups in total. The maximum absolute atomic E-state index is 14.3. The number of rotatable bonds is 8. The van der Waals surface area contributed by atoms with Crippen LogP contribution in [-0.2, 0) is 10.2 Å². The van der Waals surface area contributed by atoms with Crippen LogP contribution in [0.15, 0.2) is 60.3 Å². The first-order chi connectivity index (χ1) is 20.6. The number of nitrogens with one attached hydrogen (secondary N) is 1. The van der Waals surface area contributed by atoms with Crippen LogP contribution < -0.4 is 10.1 Å². The molecule has 6 rings (SSSR count). The topological polar surface area (TPSA) is 91.7 Å². The van der Waals surface area contributed by atoms with E-state index < -0.39 is 17.6 Å². The minimum absolute atomic E-state index is 0.144. The van der Waals surface area contributed by atoms with E-state index in [2.05, 4.69) is 30.2 Å². The maximum atomic E-state index is 14.3. The number of aliphatic carboxylic acids is 1. The van der Waals surface area contributed by atoms with Crippen LogP contribution in [0.1, 0.15) is 93.2 Å². The number of carbonyl (C=O) groups is 1. The molecule has 226 valence electrons. The number of fused-ring (bicyclic) bond motifs is 3. The molecule has 1 fully saturated rings. The SMILES string of the molecule is C[C@@H](COc1ccnc2c1[C@H](C)CC[C@H]2O)CC1=Cc2cc(F)ccc2C12CCC(Nc1cccc(Cl)c1)(C(=O)O)CC2. The first-order valence-electron chi connectivity index (χ1n) is 15.2. The van der Waals surface area contributed by atoms with Crippen LogP contribution in [0.4, 0.5) is 10.1 Å². The Hall–Kier alpha value is -3.42. The third-order valence-electron chi connectivity index (χ3n) is 9.80. The van der Waals surface area contributed by atoms with Gasteiger partial charge in [-0.25, -0.2) is 9.18 Å². The predicted molar refractivity (Wildman–Crippen MR) is 166 cm³/mol. The molecule has 0 radical (unpaired) electrons. The molecule has 1 spiro atoms. The lowest BCUT2D eigenvalue weighted by Crippen LogP contribution is -2.52. The summed E-state index contributed by atoms with van der Waals surface area (Å²) in [5.41, 5.74) is 4.06. The molecule has 6 nitrogen and oxygen atoms in total. The molecule has 3 aliphatic carbocycles. The van der Waals surface area contributed by atoms with Crippen molar-refractivity contribution in [2.45, 2.75) is 81.8 Å². The van der Waals surface area contributed by atoms with Gasteiger partial charge in [-0.1, -0.05) is 49.2 Å². The molecule has 1 aromatic heterocycles. The molecule has 0 unspecified atom stereocenters. The van der Waals surface area contributed by atoms with E-state index in [4.69, 9.17) is 16.3 Å². The number of carboxylic acids is 1. The van der Waals surface area contributed by atoms with Gasteiger partial charge in [0.1, 0.15) is 17.1 Å². The Morgan fingerprint density at radius 3 is 2.70 bits per heavy atom. The second-order valence-electron chi connectivity index (χ2n) is 12.7. The summed E-state index contributed by atoms with van der Waals surface area (Å²) in [6.07, 6.45) is 7.66. The first kappa shape index (κ1) is 29.6. The van der Waals surface area contributed by atoms with Crippen molar-refractivity contribution in [1.82, 2.24) is 4.98 Å². The molecular formula is C35H38ClFN2O4. The Morgan fingerprint density at radius 2 is 1.95 bits per heavy atom. The number of aliphatic hydroxyl groups is 1. The summed E-state index contributed by atoms with van der Waals surface area (Å²) in [6.45, 7) is 4.77. The van der Waals surface area contributed by atoms with Crippen LogP contribution in [0.5, 0.6) is 5.75 Å². The van der Waals surface area contributed by atoms with Gasteiger partial charge in [-0.2, -0.15) is 0 Å². The van der Waals surface area contributed by atoms with Crippen LogP contribution in [0.25, 0.3) is 6.08 Å². The molecule has 1 saturated carbocycles. The highest BCUT2D eigenvalue weighted by Gasteiger charge is 2.51. The zero-order valence-electron chi connectivity index (χ0n) is 24.6. The Labute approximate surface area is 257 Å². The van der Waals surface area contributed by atoms with Crippen molar-refractivity contribution < 1.29 is 24.1 Å². The zero-order chi connectivity index (χ0) is 30.4. The summed E-state index contributed by atoms with van der Waals surface area (Å²) in [5, 5.41) is 24.7. The number of ether oxygens (including phenoxy) is 1. The van der Waals surface area contributed by atoms with Gasteiger partial charge in [0.2, 0.25) is 0 Å². The molecular weight excluding hydrogens is 567 g/mol. The number of pyridine rings is 1. The minimum atomic E-state index is -1.12. The lowest BCUT2D eigenvalue weighted by molar-refractivity contribution is -0.143. The Morgan fingerprint density at radius 1 is 1.16 bits per heavy atom. The average molecular weight is 605 g/mol. The van der Waals surface area contributed by atoms with Gasteiger partial charge in [0, 0.05) is 27.9 Å². The lowest BCUT2D eigenvalue weighted by Gasteiger charge is -2.46. The monoisotopic (exact) mass is 604 g/mol. The number of hydrogen-bond donors (Lipinski definition) is 3. The summed E-state index contributed by atoms with van der Waals surface area (Å²) in [7, 11) is 0. The molecule has 0 bridgehead atoms. The van der Waals surface area contributed by atoms with Crippen LogP contribution >= 0.6 is 11.6 Å². The molecule has 3 atom stereocenters. The third-order valence-corrected chi connectivity index (χ3v) is 10.0. The van der Waals surface area contributed by atoms with Gasteiger partial charge in [-0.15, -0.1) is 0 Å². The summed E-state index contributed by atoms with van der Waals surface area (Å²) in [4.78, 5) is 17.1. The Bertz CT molecular complexity index is 1570. The third kappa shape index (κ3) is 5.53. The molecule has 0 aliphatic heterocycles. The van der Waals surface area contributed by atoms with Crippen molar-refractivity contribution in [2.24, 2.45) is 5.92 Å². The quantitative estimate of drug-likeness (QED) is 0.241. The molecule has 1 heterocycles. The number of halogens is 2. The van der Waals surface area contributed by atoms with Gasteiger partial charge in [0.05, 0.1) is 18.4 Å². The predicted octanol–water partition coefficient (Wildman–Crippen LogP) is 8.05. The summed E-state index contributed by atoms with van der Waals surface area (Å²) >= 11 is 6.19. The van der Waals surface area contributed by atoms with Crippen LogP contribution in [-0.4, -0.2) is 33.3 Å². The zero-order valence-corrected chi connectivity index (χ0v) is 25.3. The van der Waals surface area contributed by atoms with Gasteiger partial charge in [-0.3, -0.25) is 4.98 Å².